The largest absolute Gasteiger partial charge is 0.481 e. The van der Waals surface area contributed by atoms with Crippen LogP contribution in [0, 0.1) is 0 Å². The average Bonchev–Trinajstić information content (AvgIpc) is 2.75. The molecule has 0 unspecified atom stereocenters. The van der Waals surface area contributed by atoms with Gasteiger partial charge >= 0.3 is 23.9 Å². The summed E-state index contributed by atoms with van der Waals surface area (Å²) in [7, 11) is 4.68. The van der Waals surface area contributed by atoms with Crippen LogP contribution in [0.5, 0.6) is 0 Å². The number of amides is 1. The fourth-order valence-corrected chi connectivity index (χ4v) is 1.18. The van der Waals surface area contributed by atoms with E-state index in [2.05, 4.69) is 20.5 Å². The summed E-state index contributed by atoms with van der Waals surface area (Å²) in [5, 5.41) is 18.6. The van der Waals surface area contributed by atoms with E-state index >= 15 is 0 Å². The van der Waals surface area contributed by atoms with Crippen molar-refractivity contribution in [3.05, 3.63) is 0 Å². The molecule has 1 amide bonds. The molecule has 0 heterocycles. The Balaban J connectivity index is -0.0000000449. The van der Waals surface area contributed by atoms with Crippen LogP contribution in [0.15, 0.2) is 0 Å². The van der Waals surface area contributed by atoms with Crippen molar-refractivity contribution in [2.45, 2.75) is 76.2 Å². The Labute approximate surface area is 213 Å². The number of likely N-dealkylation sites (N-methyl/N-ethyl adjacent to an activating group) is 2. The molecule has 0 bridgehead atoms. The molecule has 5 N–H and O–H groups in total. The quantitative estimate of drug-likeness (QED) is 0.329. The molecule has 0 aliphatic rings. The number of nitrogens with one attached hydrogen (secondary N) is 1. The summed E-state index contributed by atoms with van der Waals surface area (Å²) < 4.78 is 9.13. The van der Waals surface area contributed by atoms with Crippen molar-refractivity contribution in [2.24, 2.45) is 5.73 Å². The second-order valence-corrected chi connectivity index (χ2v) is 5.24. The zero-order valence-electron chi connectivity index (χ0n) is 20.7. The van der Waals surface area contributed by atoms with Gasteiger partial charge in [0.1, 0.15) is 6.54 Å². The van der Waals surface area contributed by atoms with Gasteiger partial charge in [-0.2, -0.15) is 0 Å². The van der Waals surface area contributed by atoms with Gasteiger partial charge in [-0.15, -0.1) is 0 Å². The smallest absolute Gasteiger partial charge is 0.323 e. The number of aliphatic carboxylic acids is 2. The SMILES string of the molecule is C.C.C.CCC(=O)N(C)CC(=O)O.CCC(=O)O.CCOC(=O)CC.CCOC(=O)CNC.CN. The first kappa shape index (κ1) is 53.6. The number of carbonyl (C=O) groups excluding carboxylic acids is 3. The number of carbonyl (C=O) groups is 5. The van der Waals surface area contributed by atoms with Crippen LogP contribution in [0.1, 0.15) is 76.2 Å². The van der Waals surface area contributed by atoms with Crippen molar-refractivity contribution in [3.8, 4) is 0 Å². The zero-order chi connectivity index (χ0) is 26.5. The molecule has 12 heteroatoms. The first-order valence-electron chi connectivity index (χ1n) is 10.2. The summed E-state index contributed by atoms with van der Waals surface area (Å²) in [4.78, 5) is 51.8. The van der Waals surface area contributed by atoms with Crippen LogP contribution in [0.2, 0.25) is 0 Å². The van der Waals surface area contributed by atoms with Crippen LogP contribution >= 0.6 is 0 Å². The third-order valence-corrected chi connectivity index (χ3v) is 2.62. The highest BCUT2D eigenvalue weighted by Gasteiger charge is 2.08. The van der Waals surface area contributed by atoms with E-state index in [-0.39, 0.29) is 53.1 Å². The molecule has 0 saturated heterocycles. The molecule has 35 heavy (non-hydrogen) atoms. The number of carboxylic acids is 2. The Bertz CT molecular complexity index is 481. The van der Waals surface area contributed by atoms with Gasteiger partial charge in [-0.3, -0.25) is 24.0 Å². The number of carboxylic acid groups (broad SMARTS) is 2. The van der Waals surface area contributed by atoms with Crippen molar-refractivity contribution in [1.29, 1.82) is 0 Å². The molecule has 12 nitrogen and oxygen atoms in total. The monoisotopic (exact) mass is 517 g/mol. The fourth-order valence-electron chi connectivity index (χ4n) is 1.18. The lowest BCUT2D eigenvalue weighted by Crippen LogP contribution is -2.31. The number of ether oxygens (including phenoxy) is 2. The highest BCUT2D eigenvalue weighted by atomic mass is 16.5. The molecular weight excluding hydrogens is 462 g/mol. The van der Waals surface area contributed by atoms with Crippen molar-refractivity contribution in [2.75, 3.05) is 47.4 Å². The normalized spacial score (nSPS) is 7.46. The van der Waals surface area contributed by atoms with Gasteiger partial charge in [0.15, 0.2) is 0 Å². The summed E-state index contributed by atoms with van der Waals surface area (Å²) in [5.74, 6) is -2.20. The number of hydrogen-bond acceptors (Lipinski definition) is 9. The number of esters is 2. The molecule has 0 aliphatic carbocycles. The van der Waals surface area contributed by atoms with Gasteiger partial charge in [0.25, 0.3) is 0 Å². The van der Waals surface area contributed by atoms with Gasteiger partial charge in [-0.25, -0.2) is 0 Å². The zero-order valence-corrected chi connectivity index (χ0v) is 20.7. The van der Waals surface area contributed by atoms with E-state index in [1.807, 2.05) is 0 Å². The van der Waals surface area contributed by atoms with Gasteiger partial charge < -0.3 is 35.6 Å². The van der Waals surface area contributed by atoms with E-state index in [1.54, 1.807) is 41.7 Å². The van der Waals surface area contributed by atoms with E-state index in [1.165, 1.54) is 19.0 Å². The molecule has 0 aliphatic heterocycles. The number of rotatable bonds is 9. The van der Waals surface area contributed by atoms with Crippen LogP contribution in [0.4, 0.5) is 0 Å². The van der Waals surface area contributed by atoms with E-state index in [4.69, 9.17) is 10.2 Å². The number of hydrogen-bond donors (Lipinski definition) is 4. The number of nitrogens with two attached hydrogens (primary N) is 1. The Morgan fingerprint density at radius 1 is 0.743 bits per heavy atom. The van der Waals surface area contributed by atoms with Gasteiger partial charge in [-0.1, -0.05) is 43.1 Å². The topological polar surface area (TPSA) is 186 Å². The molecule has 0 saturated carbocycles. The minimum absolute atomic E-state index is 0. The highest BCUT2D eigenvalue weighted by Crippen LogP contribution is 1.87. The maximum Gasteiger partial charge on any atom is 0.323 e. The van der Waals surface area contributed by atoms with Crippen LogP contribution in [-0.2, 0) is 33.4 Å². The number of nitrogens with zero attached hydrogens (tertiary/aromatic N) is 1. The Kier molecular flexibility index (Phi) is 68.7. The van der Waals surface area contributed by atoms with E-state index in [0.29, 0.717) is 32.6 Å². The highest BCUT2D eigenvalue weighted by molar-refractivity contribution is 5.80. The Morgan fingerprint density at radius 3 is 1.31 bits per heavy atom. The molecule has 0 radical (unpaired) electrons. The molecule has 0 rings (SSSR count). The maximum absolute atomic E-state index is 10.7. The summed E-state index contributed by atoms with van der Waals surface area (Å²) >= 11 is 0. The molecule has 0 aromatic rings. The first-order chi connectivity index (χ1) is 15.0. The van der Waals surface area contributed by atoms with Crippen molar-refractivity contribution >= 4 is 29.8 Å². The van der Waals surface area contributed by atoms with Crippen molar-refractivity contribution < 1.29 is 43.7 Å². The third-order valence-electron chi connectivity index (χ3n) is 2.62. The van der Waals surface area contributed by atoms with Gasteiger partial charge in [0.05, 0.1) is 19.8 Å². The fraction of sp³-hybridized carbons (Fsp3) is 0.783. The summed E-state index contributed by atoms with van der Waals surface area (Å²) in [6, 6.07) is 0. The summed E-state index contributed by atoms with van der Waals surface area (Å²) in [5.41, 5.74) is 4.50. The second-order valence-electron chi connectivity index (χ2n) is 5.24. The molecule has 0 fully saturated rings. The Morgan fingerprint density at radius 2 is 1.11 bits per heavy atom. The molecule has 216 valence electrons. The molecule has 0 aromatic carbocycles. The van der Waals surface area contributed by atoms with Crippen molar-refractivity contribution in [3.63, 3.8) is 0 Å². The lowest BCUT2D eigenvalue weighted by atomic mass is 10.4. The Hall–Kier alpha value is -2.73. The van der Waals surface area contributed by atoms with Crippen molar-refractivity contribution in [1.82, 2.24) is 10.2 Å². The molecule has 0 atom stereocenters. The summed E-state index contributed by atoms with van der Waals surface area (Å²) in [6.07, 6.45) is 1.05. The molecular formula is C23H55N3O9. The summed E-state index contributed by atoms with van der Waals surface area (Å²) in [6.45, 7) is 9.69. The minimum atomic E-state index is -0.982. The molecule has 0 spiro atoms. The first-order valence-corrected chi connectivity index (χ1v) is 10.2. The van der Waals surface area contributed by atoms with Gasteiger partial charge in [0, 0.05) is 26.3 Å². The third kappa shape index (κ3) is 65.2. The van der Waals surface area contributed by atoms with Gasteiger partial charge in [0.2, 0.25) is 5.91 Å². The van der Waals surface area contributed by atoms with E-state index in [9.17, 15) is 24.0 Å². The predicted molar refractivity (Wildman–Crippen MR) is 141 cm³/mol. The van der Waals surface area contributed by atoms with Crippen LogP contribution in [0.3, 0.4) is 0 Å². The van der Waals surface area contributed by atoms with E-state index in [0.717, 1.165) is 0 Å². The van der Waals surface area contributed by atoms with Crippen LogP contribution in [0.25, 0.3) is 0 Å². The van der Waals surface area contributed by atoms with Crippen LogP contribution in [-0.4, -0.2) is 92.3 Å². The lowest BCUT2D eigenvalue weighted by Gasteiger charge is -2.12. The molecule has 0 aromatic heterocycles. The van der Waals surface area contributed by atoms with Crippen LogP contribution < -0.4 is 11.1 Å². The van der Waals surface area contributed by atoms with Gasteiger partial charge in [-0.05, 0) is 27.9 Å². The predicted octanol–water partition coefficient (Wildman–Crippen LogP) is 2.63. The minimum Gasteiger partial charge on any atom is -0.481 e. The lowest BCUT2D eigenvalue weighted by molar-refractivity contribution is -0.143. The standard InChI is InChI=1S/C6H11NO3.C5H11NO2.C5H10O2.C3H6O2.CH5N.3CH4/c1-3-5(8)7(2)4-6(9)10;1-3-8-5(7)4-6-2;1-3-5(6)7-4-2;1-2-3(4)5;1-2;;;/h3-4H2,1-2H3,(H,9,10);6H,3-4H2,1-2H3;3-4H2,1-2H3;2H2,1H3,(H,4,5);2H2,1H3;3*1H4. The second kappa shape index (κ2) is 44.9. The maximum atomic E-state index is 10.7. The van der Waals surface area contributed by atoms with E-state index < -0.39 is 11.9 Å². The average molecular weight is 518 g/mol.